The van der Waals surface area contributed by atoms with E-state index in [0.717, 1.165) is 17.4 Å². The Balaban J connectivity index is 2.99. The fraction of sp³-hybridized carbons (Fsp3) is 0.500. The van der Waals surface area contributed by atoms with Crippen molar-refractivity contribution >= 4 is 21.9 Å². The maximum absolute atomic E-state index is 11.2. The van der Waals surface area contributed by atoms with E-state index >= 15 is 0 Å². The van der Waals surface area contributed by atoms with Gasteiger partial charge in [-0.25, -0.2) is 4.79 Å². The van der Waals surface area contributed by atoms with Crippen molar-refractivity contribution < 1.29 is 9.53 Å². The van der Waals surface area contributed by atoms with Crippen LogP contribution in [-0.4, -0.2) is 28.2 Å². The summed E-state index contributed by atoms with van der Waals surface area (Å²) in [5, 5.41) is 4.80. The number of ether oxygens (including phenoxy) is 1. The summed E-state index contributed by atoms with van der Waals surface area (Å²) in [6, 6.07) is 0. The van der Waals surface area contributed by atoms with Gasteiger partial charge >= 0.3 is 5.97 Å². The molecule has 13 heavy (non-hydrogen) atoms. The second kappa shape index (κ2) is 4.41. The van der Waals surface area contributed by atoms with Crippen molar-refractivity contribution in [2.75, 3.05) is 12.4 Å². The third kappa shape index (κ3) is 2.09. The number of halogens is 1. The molecule has 0 saturated carbocycles. The van der Waals surface area contributed by atoms with Crippen LogP contribution in [0.1, 0.15) is 16.1 Å². The third-order valence-electron chi connectivity index (χ3n) is 1.80. The number of methoxy groups -OCH3 is 1. The summed E-state index contributed by atoms with van der Waals surface area (Å²) in [5.74, 6) is -0.330. The molecule has 1 aromatic heterocycles. The number of rotatable bonds is 3. The fourth-order valence-corrected chi connectivity index (χ4v) is 1.50. The van der Waals surface area contributed by atoms with Crippen LogP contribution in [0, 0.1) is 0 Å². The topological polar surface area (TPSA) is 44.1 Å². The maximum atomic E-state index is 11.2. The molecule has 0 spiro atoms. The van der Waals surface area contributed by atoms with Crippen LogP contribution in [0.4, 0.5) is 0 Å². The molecular formula is C8H11BrN2O2. The zero-order chi connectivity index (χ0) is 9.84. The summed E-state index contributed by atoms with van der Waals surface area (Å²) < 4.78 is 6.32. The molecule has 0 aliphatic rings. The van der Waals surface area contributed by atoms with Gasteiger partial charge in [0.1, 0.15) is 5.56 Å². The van der Waals surface area contributed by atoms with Gasteiger partial charge in [-0.05, 0) is 6.42 Å². The molecule has 5 heteroatoms. The van der Waals surface area contributed by atoms with Crippen molar-refractivity contribution in [2.45, 2.75) is 6.42 Å². The lowest BCUT2D eigenvalue weighted by Gasteiger charge is -2.01. The number of hydrogen-bond acceptors (Lipinski definition) is 3. The van der Waals surface area contributed by atoms with E-state index in [-0.39, 0.29) is 5.97 Å². The zero-order valence-corrected chi connectivity index (χ0v) is 9.17. The van der Waals surface area contributed by atoms with Gasteiger partial charge in [0, 0.05) is 12.4 Å². The van der Waals surface area contributed by atoms with Gasteiger partial charge in [0.15, 0.2) is 0 Å². The highest BCUT2D eigenvalue weighted by Gasteiger charge is 2.15. The molecule has 0 amide bonds. The lowest BCUT2D eigenvalue weighted by molar-refractivity contribution is 0.0599. The van der Waals surface area contributed by atoms with Crippen LogP contribution >= 0.6 is 15.9 Å². The van der Waals surface area contributed by atoms with Crippen LogP contribution in [0.15, 0.2) is 6.20 Å². The molecule has 0 atom stereocenters. The van der Waals surface area contributed by atoms with Crippen LogP contribution in [0.2, 0.25) is 0 Å². The van der Waals surface area contributed by atoms with Crippen molar-refractivity contribution in [3.63, 3.8) is 0 Å². The lowest BCUT2D eigenvalue weighted by atomic mass is 10.2. The number of esters is 1. The van der Waals surface area contributed by atoms with Gasteiger partial charge in [-0.15, -0.1) is 0 Å². The Labute approximate surface area is 85.0 Å². The van der Waals surface area contributed by atoms with Crippen molar-refractivity contribution in [3.05, 3.63) is 17.5 Å². The van der Waals surface area contributed by atoms with Crippen LogP contribution in [-0.2, 0) is 18.2 Å². The molecule has 0 saturated heterocycles. The van der Waals surface area contributed by atoms with E-state index in [0.29, 0.717) is 5.56 Å². The van der Waals surface area contributed by atoms with E-state index in [2.05, 4.69) is 25.8 Å². The van der Waals surface area contributed by atoms with Crippen molar-refractivity contribution in [2.24, 2.45) is 7.05 Å². The number of carbonyl (C=O) groups excluding carboxylic acids is 1. The molecular weight excluding hydrogens is 236 g/mol. The first kappa shape index (κ1) is 10.2. The molecule has 0 aliphatic carbocycles. The van der Waals surface area contributed by atoms with Gasteiger partial charge in [0.05, 0.1) is 19.0 Å². The predicted octanol–water partition coefficient (Wildman–Crippen LogP) is 1.14. The first-order chi connectivity index (χ1) is 6.20. The predicted molar refractivity (Wildman–Crippen MR) is 52.0 cm³/mol. The second-order valence-electron chi connectivity index (χ2n) is 2.56. The second-order valence-corrected chi connectivity index (χ2v) is 3.35. The Morgan fingerprint density at radius 2 is 2.46 bits per heavy atom. The zero-order valence-electron chi connectivity index (χ0n) is 7.58. The van der Waals surface area contributed by atoms with Crippen LogP contribution in [0.5, 0.6) is 0 Å². The Morgan fingerprint density at radius 1 is 1.77 bits per heavy atom. The third-order valence-corrected chi connectivity index (χ3v) is 2.19. The van der Waals surface area contributed by atoms with Gasteiger partial charge in [-0.1, -0.05) is 15.9 Å². The SMILES string of the molecule is COC(=O)c1cnn(C)c1CCBr. The van der Waals surface area contributed by atoms with Crippen molar-refractivity contribution in [1.82, 2.24) is 9.78 Å². The summed E-state index contributed by atoms with van der Waals surface area (Å²) in [6.45, 7) is 0. The molecule has 0 aliphatic heterocycles. The number of hydrogen-bond donors (Lipinski definition) is 0. The van der Waals surface area contributed by atoms with E-state index in [4.69, 9.17) is 0 Å². The summed E-state index contributed by atoms with van der Waals surface area (Å²) in [6.07, 6.45) is 2.30. The van der Waals surface area contributed by atoms with E-state index in [1.54, 1.807) is 4.68 Å². The highest BCUT2D eigenvalue weighted by atomic mass is 79.9. The monoisotopic (exact) mass is 246 g/mol. The number of aromatic nitrogens is 2. The number of aryl methyl sites for hydroxylation is 1. The minimum Gasteiger partial charge on any atom is -0.465 e. The molecule has 1 aromatic rings. The van der Waals surface area contributed by atoms with Crippen molar-refractivity contribution in [1.29, 1.82) is 0 Å². The van der Waals surface area contributed by atoms with E-state index < -0.39 is 0 Å². The van der Waals surface area contributed by atoms with Gasteiger partial charge in [-0.3, -0.25) is 4.68 Å². The first-order valence-corrected chi connectivity index (χ1v) is 4.98. The minimum atomic E-state index is -0.330. The highest BCUT2D eigenvalue weighted by molar-refractivity contribution is 9.09. The number of nitrogens with zero attached hydrogens (tertiary/aromatic N) is 2. The fourth-order valence-electron chi connectivity index (χ4n) is 1.13. The molecule has 72 valence electrons. The first-order valence-electron chi connectivity index (χ1n) is 3.86. The van der Waals surface area contributed by atoms with Crippen LogP contribution < -0.4 is 0 Å². The lowest BCUT2D eigenvalue weighted by Crippen LogP contribution is -2.07. The van der Waals surface area contributed by atoms with Gasteiger partial charge in [0.25, 0.3) is 0 Å². The van der Waals surface area contributed by atoms with Crippen LogP contribution in [0.3, 0.4) is 0 Å². The van der Waals surface area contributed by atoms with Gasteiger partial charge in [-0.2, -0.15) is 5.10 Å². The van der Waals surface area contributed by atoms with E-state index in [9.17, 15) is 4.79 Å². The summed E-state index contributed by atoms with van der Waals surface area (Å²) in [5.41, 5.74) is 1.44. The molecule has 1 rings (SSSR count). The maximum Gasteiger partial charge on any atom is 0.341 e. The summed E-state index contributed by atoms with van der Waals surface area (Å²) >= 11 is 3.32. The molecule has 1 heterocycles. The quantitative estimate of drug-likeness (QED) is 0.594. The largest absolute Gasteiger partial charge is 0.465 e. The Kier molecular flexibility index (Phi) is 3.48. The molecule has 0 radical (unpaired) electrons. The Hall–Kier alpha value is -0.840. The van der Waals surface area contributed by atoms with Gasteiger partial charge < -0.3 is 4.74 Å². The number of carbonyl (C=O) groups is 1. The highest BCUT2D eigenvalue weighted by Crippen LogP contribution is 2.10. The normalized spacial score (nSPS) is 10.1. The minimum absolute atomic E-state index is 0.330. The van der Waals surface area contributed by atoms with E-state index in [1.807, 2.05) is 7.05 Å². The van der Waals surface area contributed by atoms with Gasteiger partial charge in [0.2, 0.25) is 0 Å². The average Bonchev–Trinajstić information content (AvgIpc) is 2.48. The Bertz CT molecular complexity index is 309. The van der Waals surface area contributed by atoms with E-state index in [1.165, 1.54) is 13.3 Å². The molecule has 0 unspecified atom stereocenters. The molecule has 4 nitrogen and oxygen atoms in total. The molecule has 0 aromatic carbocycles. The smallest absolute Gasteiger partial charge is 0.341 e. The van der Waals surface area contributed by atoms with Crippen molar-refractivity contribution in [3.8, 4) is 0 Å². The summed E-state index contributed by atoms with van der Waals surface area (Å²) in [7, 11) is 3.18. The number of alkyl halides is 1. The molecule has 0 N–H and O–H groups in total. The summed E-state index contributed by atoms with van der Waals surface area (Å²) in [4.78, 5) is 11.2. The molecule has 0 bridgehead atoms. The standard InChI is InChI=1S/C8H11BrN2O2/c1-11-7(3-4-9)6(5-10-11)8(12)13-2/h5H,3-4H2,1-2H3. The van der Waals surface area contributed by atoms with Crippen LogP contribution in [0.25, 0.3) is 0 Å². The molecule has 0 fully saturated rings. The Morgan fingerprint density at radius 3 is 3.00 bits per heavy atom. The average molecular weight is 247 g/mol.